The third-order valence-corrected chi connectivity index (χ3v) is 3.73. The van der Waals surface area contributed by atoms with E-state index in [1.807, 2.05) is 0 Å². The molecule has 20 heavy (non-hydrogen) atoms. The third kappa shape index (κ3) is 3.42. The molecular formula is C14H23NO5. The molecule has 1 N–H and O–H groups in total. The molecule has 0 bridgehead atoms. The van der Waals surface area contributed by atoms with Crippen molar-refractivity contribution in [3.05, 3.63) is 0 Å². The molecule has 1 amide bonds. The first-order valence-electron chi connectivity index (χ1n) is 7.10. The van der Waals surface area contributed by atoms with Crippen LogP contribution in [0.25, 0.3) is 0 Å². The predicted octanol–water partition coefficient (Wildman–Crippen LogP) is 1.73. The van der Waals surface area contributed by atoms with Gasteiger partial charge in [0.05, 0.1) is 6.10 Å². The molecule has 0 aliphatic carbocycles. The van der Waals surface area contributed by atoms with E-state index in [0.717, 1.165) is 12.8 Å². The Morgan fingerprint density at radius 2 is 2.00 bits per heavy atom. The molecule has 2 rings (SSSR count). The number of rotatable bonds is 1. The number of carboxylic acid groups (broad SMARTS) is 1. The summed E-state index contributed by atoms with van der Waals surface area (Å²) in [5, 5.41) is 9.35. The van der Waals surface area contributed by atoms with Crippen LogP contribution in [0.5, 0.6) is 0 Å². The third-order valence-electron chi connectivity index (χ3n) is 3.73. The highest BCUT2D eigenvalue weighted by molar-refractivity contribution is 5.74. The van der Waals surface area contributed by atoms with E-state index in [4.69, 9.17) is 9.47 Å². The maximum atomic E-state index is 12.1. The van der Waals surface area contributed by atoms with Crippen LogP contribution in [0.15, 0.2) is 0 Å². The molecule has 2 heterocycles. The molecule has 3 unspecified atom stereocenters. The average molecular weight is 285 g/mol. The molecule has 6 nitrogen and oxygen atoms in total. The standard InChI is InChI=1S/C14H23NO5/c1-14(2,3)20-13(18)15-7-9-5-4-6-19-11(9)10(8-15)12(16)17/h9-11H,4-8H2,1-3H3,(H,16,17). The van der Waals surface area contributed by atoms with Crippen LogP contribution in [-0.4, -0.2) is 53.5 Å². The fraction of sp³-hybridized carbons (Fsp3) is 0.857. The van der Waals surface area contributed by atoms with Gasteiger partial charge in [-0.3, -0.25) is 4.79 Å². The lowest BCUT2D eigenvalue weighted by Crippen LogP contribution is -2.56. The number of ether oxygens (including phenoxy) is 2. The van der Waals surface area contributed by atoms with Gasteiger partial charge in [-0.25, -0.2) is 4.79 Å². The molecule has 6 heteroatoms. The Hall–Kier alpha value is -1.30. The number of hydrogen-bond donors (Lipinski definition) is 1. The van der Waals surface area contributed by atoms with Gasteiger partial charge in [0, 0.05) is 25.6 Å². The number of amides is 1. The Bertz CT molecular complexity index is 390. The lowest BCUT2D eigenvalue weighted by molar-refractivity contribution is -0.159. The summed E-state index contributed by atoms with van der Waals surface area (Å²) in [4.78, 5) is 25.0. The van der Waals surface area contributed by atoms with Crippen molar-refractivity contribution in [2.24, 2.45) is 11.8 Å². The van der Waals surface area contributed by atoms with Gasteiger partial charge >= 0.3 is 12.1 Å². The maximum Gasteiger partial charge on any atom is 0.410 e. The van der Waals surface area contributed by atoms with Crippen molar-refractivity contribution in [2.75, 3.05) is 19.7 Å². The van der Waals surface area contributed by atoms with Crippen LogP contribution < -0.4 is 0 Å². The zero-order valence-corrected chi connectivity index (χ0v) is 12.3. The van der Waals surface area contributed by atoms with E-state index in [1.54, 1.807) is 20.8 Å². The number of carboxylic acids is 1. The van der Waals surface area contributed by atoms with Crippen molar-refractivity contribution >= 4 is 12.1 Å². The second-order valence-electron chi connectivity index (χ2n) is 6.57. The van der Waals surface area contributed by atoms with Gasteiger partial charge in [0.2, 0.25) is 0 Å². The molecule has 114 valence electrons. The fourth-order valence-electron chi connectivity index (χ4n) is 2.90. The molecule has 2 fully saturated rings. The molecule has 3 atom stereocenters. The highest BCUT2D eigenvalue weighted by atomic mass is 16.6. The Balaban J connectivity index is 2.08. The Kier molecular flexibility index (Phi) is 4.22. The summed E-state index contributed by atoms with van der Waals surface area (Å²) in [5.41, 5.74) is -0.574. The number of carbonyl (C=O) groups excluding carboxylic acids is 1. The number of aliphatic carboxylic acids is 1. The summed E-state index contributed by atoms with van der Waals surface area (Å²) in [6.45, 7) is 6.69. The molecule has 0 radical (unpaired) electrons. The first kappa shape index (κ1) is 15.1. The van der Waals surface area contributed by atoms with Gasteiger partial charge in [-0.15, -0.1) is 0 Å². The lowest BCUT2D eigenvalue weighted by Gasteiger charge is -2.44. The molecule has 2 aliphatic rings. The highest BCUT2D eigenvalue weighted by Crippen LogP contribution is 2.32. The predicted molar refractivity (Wildman–Crippen MR) is 71.4 cm³/mol. The number of likely N-dealkylation sites (tertiary alicyclic amines) is 1. The quantitative estimate of drug-likeness (QED) is 0.794. The van der Waals surface area contributed by atoms with Crippen LogP contribution in [0.4, 0.5) is 4.79 Å². The van der Waals surface area contributed by atoms with E-state index in [1.165, 1.54) is 4.90 Å². The first-order chi connectivity index (χ1) is 9.28. The van der Waals surface area contributed by atoms with E-state index in [0.29, 0.717) is 13.2 Å². The minimum absolute atomic E-state index is 0.0890. The van der Waals surface area contributed by atoms with Crippen LogP contribution in [-0.2, 0) is 14.3 Å². The Morgan fingerprint density at radius 3 is 2.60 bits per heavy atom. The summed E-state index contributed by atoms with van der Waals surface area (Å²) in [7, 11) is 0. The largest absolute Gasteiger partial charge is 0.481 e. The maximum absolute atomic E-state index is 12.1. The summed E-state index contributed by atoms with van der Waals surface area (Å²) in [6, 6.07) is 0. The van der Waals surface area contributed by atoms with Crippen LogP contribution in [0.2, 0.25) is 0 Å². The minimum atomic E-state index is -0.907. The van der Waals surface area contributed by atoms with Crippen molar-refractivity contribution in [1.82, 2.24) is 4.90 Å². The van der Waals surface area contributed by atoms with Crippen molar-refractivity contribution in [3.63, 3.8) is 0 Å². The topological polar surface area (TPSA) is 76.1 Å². The molecule has 2 saturated heterocycles. The van der Waals surface area contributed by atoms with Gasteiger partial charge in [0.15, 0.2) is 0 Å². The summed E-state index contributed by atoms with van der Waals surface area (Å²) < 4.78 is 11.0. The van der Waals surface area contributed by atoms with Gasteiger partial charge in [0.1, 0.15) is 11.5 Å². The minimum Gasteiger partial charge on any atom is -0.481 e. The van der Waals surface area contributed by atoms with Crippen molar-refractivity contribution in [2.45, 2.75) is 45.3 Å². The molecule has 0 aromatic carbocycles. The molecular weight excluding hydrogens is 262 g/mol. The molecule has 2 aliphatic heterocycles. The number of fused-ring (bicyclic) bond motifs is 1. The fourth-order valence-corrected chi connectivity index (χ4v) is 2.90. The number of hydrogen-bond acceptors (Lipinski definition) is 4. The smallest absolute Gasteiger partial charge is 0.410 e. The highest BCUT2D eigenvalue weighted by Gasteiger charge is 2.44. The van der Waals surface area contributed by atoms with Crippen LogP contribution in [0.1, 0.15) is 33.6 Å². The molecule has 0 aromatic rings. The van der Waals surface area contributed by atoms with Crippen molar-refractivity contribution < 1.29 is 24.2 Å². The Morgan fingerprint density at radius 1 is 1.30 bits per heavy atom. The van der Waals surface area contributed by atoms with Crippen LogP contribution in [0, 0.1) is 11.8 Å². The van der Waals surface area contributed by atoms with Gasteiger partial charge in [0.25, 0.3) is 0 Å². The second kappa shape index (κ2) is 5.60. The molecule has 0 spiro atoms. The first-order valence-corrected chi connectivity index (χ1v) is 7.10. The van der Waals surface area contributed by atoms with Crippen molar-refractivity contribution in [1.29, 1.82) is 0 Å². The van der Waals surface area contributed by atoms with E-state index >= 15 is 0 Å². The second-order valence-corrected chi connectivity index (χ2v) is 6.57. The Labute approximate surface area is 119 Å². The number of nitrogens with zero attached hydrogens (tertiary/aromatic N) is 1. The zero-order valence-electron chi connectivity index (χ0n) is 12.3. The average Bonchev–Trinajstić information content (AvgIpc) is 2.35. The van der Waals surface area contributed by atoms with E-state index in [2.05, 4.69) is 0 Å². The summed E-state index contributed by atoms with van der Waals surface area (Å²) >= 11 is 0. The number of piperidine rings is 1. The summed E-state index contributed by atoms with van der Waals surface area (Å²) in [5.74, 6) is -1.48. The zero-order chi connectivity index (χ0) is 14.9. The van der Waals surface area contributed by atoms with Gasteiger partial charge in [-0.2, -0.15) is 0 Å². The monoisotopic (exact) mass is 285 g/mol. The molecule has 0 aromatic heterocycles. The van der Waals surface area contributed by atoms with E-state index < -0.39 is 23.6 Å². The van der Waals surface area contributed by atoms with Crippen LogP contribution >= 0.6 is 0 Å². The lowest BCUT2D eigenvalue weighted by atomic mass is 9.82. The van der Waals surface area contributed by atoms with Gasteiger partial charge in [-0.1, -0.05) is 0 Å². The van der Waals surface area contributed by atoms with Gasteiger partial charge < -0.3 is 19.5 Å². The van der Waals surface area contributed by atoms with Crippen molar-refractivity contribution in [3.8, 4) is 0 Å². The summed E-state index contributed by atoms with van der Waals surface area (Å²) in [6.07, 6.45) is 1.09. The molecule has 0 saturated carbocycles. The number of carbonyl (C=O) groups is 2. The van der Waals surface area contributed by atoms with Gasteiger partial charge in [-0.05, 0) is 33.6 Å². The van der Waals surface area contributed by atoms with Crippen LogP contribution in [0.3, 0.4) is 0 Å². The normalized spacial score (nSPS) is 30.6. The van der Waals surface area contributed by atoms with E-state index in [-0.39, 0.29) is 18.6 Å². The van der Waals surface area contributed by atoms with E-state index in [9.17, 15) is 14.7 Å². The SMILES string of the molecule is CC(C)(C)OC(=O)N1CC2CCCOC2C(C(=O)O)C1.